The van der Waals surface area contributed by atoms with Crippen molar-refractivity contribution in [1.29, 1.82) is 0 Å². The maximum Gasteiger partial charge on any atom is 0.242 e. The van der Waals surface area contributed by atoms with Crippen molar-refractivity contribution < 1.29 is 8.42 Å². The van der Waals surface area contributed by atoms with Crippen molar-refractivity contribution >= 4 is 31.4 Å². The Balaban J connectivity index is 1.26. The average Bonchev–Trinajstić information content (AvgIpc) is 3.13. The van der Waals surface area contributed by atoms with E-state index in [9.17, 15) is 8.42 Å². The van der Waals surface area contributed by atoms with E-state index in [-0.39, 0.29) is 0 Å². The number of sulfonamides is 1. The van der Waals surface area contributed by atoms with E-state index in [0.29, 0.717) is 11.4 Å². The summed E-state index contributed by atoms with van der Waals surface area (Å²) < 4.78 is 29.0. The second kappa shape index (κ2) is 8.10. The Bertz CT molecular complexity index is 1030. The lowest BCUT2D eigenvalue weighted by molar-refractivity contribution is 0.249. The van der Waals surface area contributed by atoms with Crippen LogP contribution in [0.25, 0.3) is 10.1 Å². The van der Waals surface area contributed by atoms with Gasteiger partial charge in [0.25, 0.3) is 0 Å². The van der Waals surface area contributed by atoms with E-state index in [0.717, 1.165) is 49.0 Å². The molecule has 1 aliphatic heterocycles. The average molecular weight is 401 g/mol. The van der Waals surface area contributed by atoms with Gasteiger partial charge >= 0.3 is 0 Å². The van der Waals surface area contributed by atoms with Crippen LogP contribution in [0, 0.1) is 0 Å². The fourth-order valence-corrected chi connectivity index (χ4v) is 6.23. The number of nitrogens with zero attached hydrogens (tertiary/aromatic N) is 1. The van der Waals surface area contributed by atoms with Gasteiger partial charge in [0.15, 0.2) is 0 Å². The molecule has 0 amide bonds. The molecule has 0 atom stereocenters. The van der Waals surface area contributed by atoms with Crippen LogP contribution in [0.3, 0.4) is 0 Å². The van der Waals surface area contributed by atoms with Gasteiger partial charge in [-0.05, 0) is 43.0 Å². The van der Waals surface area contributed by atoms with Gasteiger partial charge in [-0.15, -0.1) is 11.3 Å². The minimum absolute atomic E-state index is 0.399. The number of benzene rings is 2. The summed E-state index contributed by atoms with van der Waals surface area (Å²) in [5.74, 6) is 0. The molecule has 0 spiro atoms. The third kappa shape index (κ3) is 4.24. The largest absolute Gasteiger partial charge is 0.299 e. The molecule has 0 saturated carbocycles. The first-order valence-electron chi connectivity index (χ1n) is 9.38. The van der Waals surface area contributed by atoms with E-state index in [4.69, 9.17) is 0 Å². The highest BCUT2D eigenvalue weighted by Crippen LogP contribution is 2.29. The summed E-state index contributed by atoms with van der Waals surface area (Å²) >= 11 is 1.47. The Kier molecular flexibility index (Phi) is 5.59. The second-order valence-electron chi connectivity index (χ2n) is 7.00. The number of thiophene rings is 1. The Hall–Kier alpha value is -1.73. The fraction of sp³-hybridized carbons (Fsp3) is 0.333. The van der Waals surface area contributed by atoms with Gasteiger partial charge in [-0.3, -0.25) is 4.90 Å². The van der Waals surface area contributed by atoms with Crippen molar-refractivity contribution in [3.8, 4) is 0 Å². The molecule has 1 aromatic heterocycles. The smallest absolute Gasteiger partial charge is 0.242 e. The molecular weight excluding hydrogens is 376 g/mol. The van der Waals surface area contributed by atoms with E-state index in [1.807, 2.05) is 24.3 Å². The van der Waals surface area contributed by atoms with Crippen LogP contribution in [0.15, 0.2) is 58.8 Å². The zero-order valence-corrected chi connectivity index (χ0v) is 16.9. The lowest BCUT2D eigenvalue weighted by atomic mass is 10.00. The molecule has 0 saturated heterocycles. The number of unbranched alkanes of at least 4 members (excludes halogenated alkanes) is 1. The summed E-state index contributed by atoms with van der Waals surface area (Å²) in [5, 5.41) is 2.54. The molecule has 0 bridgehead atoms. The lowest BCUT2D eigenvalue weighted by Crippen LogP contribution is -2.32. The number of fused-ring (bicyclic) bond motifs is 2. The van der Waals surface area contributed by atoms with Gasteiger partial charge in [0.2, 0.25) is 10.0 Å². The summed E-state index contributed by atoms with van der Waals surface area (Å²) in [5.41, 5.74) is 2.89. The SMILES string of the molecule is O=S(=O)(NCCCCN1CCc2ccccc2C1)c1csc2ccccc12. The molecule has 0 fully saturated rings. The standard InChI is InChI=1S/C21H24N2O2S2/c24-27(25,21-16-26-20-10-4-3-9-19(20)21)22-12-5-6-13-23-14-11-17-7-1-2-8-18(17)15-23/h1-4,7-10,16,22H,5-6,11-15H2. The zero-order chi connectivity index (χ0) is 18.7. The summed E-state index contributed by atoms with van der Waals surface area (Å²) in [6.45, 7) is 3.58. The summed E-state index contributed by atoms with van der Waals surface area (Å²) in [7, 11) is -3.44. The van der Waals surface area contributed by atoms with Crippen LogP contribution < -0.4 is 4.72 Å². The van der Waals surface area contributed by atoms with Crippen LogP contribution in [-0.4, -0.2) is 33.0 Å². The third-order valence-electron chi connectivity index (χ3n) is 5.14. The quantitative estimate of drug-likeness (QED) is 0.610. The predicted octanol–water partition coefficient (Wildman–Crippen LogP) is 4.02. The topological polar surface area (TPSA) is 49.4 Å². The van der Waals surface area contributed by atoms with E-state index in [1.54, 1.807) is 5.38 Å². The molecule has 2 heterocycles. The fourth-order valence-electron chi connectivity index (χ4n) is 3.65. The number of nitrogens with one attached hydrogen (secondary N) is 1. The van der Waals surface area contributed by atoms with Crippen LogP contribution in [0.1, 0.15) is 24.0 Å². The zero-order valence-electron chi connectivity index (χ0n) is 15.2. The highest BCUT2D eigenvalue weighted by Gasteiger charge is 2.18. The molecule has 0 aliphatic carbocycles. The van der Waals surface area contributed by atoms with Crippen molar-refractivity contribution in [2.75, 3.05) is 19.6 Å². The van der Waals surface area contributed by atoms with E-state index in [2.05, 4.69) is 33.9 Å². The molecular formula is C21H24N2O2S2. The molecule has 2 aromatic carbocycles. The van der Waals surface area contributed by atoms with Gasteiger partial charge in [0, 0.05) is 35.1 Å². The third-order valence-corrected chi connectivity index (χ3v) is 7.75. The second-order valence-corrected chi connectivity index (χ2v) is 9.64. The molecule has 142 valence electrons. The van der Waals surface area contributed by atoms with Crippen LogP contribution in [0.2, 0.25) is 0 Å². The first-order chi connectivity index (χ1) is 13.1. The first kappa shape index (κ1) is 18.6. The molecule has 1 aliphatic rings. The molecule has 0 radical (unpaired) electrons. The highest BCUT2D eigenvalue weighted by atomic mass is 32.2. The Morgan fingerprint density at radius 2 is 1.78 bits per heavy atom. The first-order valence-corrected chi connectivity index (χ1v) is 11.7. The lowest BCUT2D eigenvalue weighted by Gasteiger charge is -2.28. The minimum atomic E-state index is -3.44. The summed E-state index contributed by atoms with van der Waals surface area (Å²) in [6.07, 6.45) is 2.95. The van der Waals surface area contributed by atoms with E-state index >= 15 is 0 Å². The molecule has 6 heteroatoms. The number of hydrogen-bond acceptors (Lipinski definition) is 4. The summed E-state index contributed by atoms with van der Waals surface area (Å²) in [6, 6.07) is 16.3. The van der Waals surface area contributed by atoms with Gasteiger partial charge in [0.05, 0.1) is 0 Å². The monoisotopic (exact) mass is 400 g/mol. The van der Waals surface area contributed by atoms with Gasteiger partial charge < -0.3 is 0 Å². The molecule has 3 aromatic rings. The van der Waals surface area contributed by atoms with Crippen molar-refractivity contribution in [1.82, 2.24) is 9.62 Å². The maximum atomic E-state index is 12.6. The van der Waals surface area contributed by atoms with E-state index < -0.39 is 10.0 Å². The molecule has 4 rings (SSSR count). The van der Waals surface area contributed by atoms with Crippen LogP contribution in [0.4, 0.5) is 0 Å². The Morgan fingerprint density at radius 1 is 1.00 bits per heavy atom. The van der Waals surface area contributed by atoms with Crippen LogP contribution in [-0.2, 0) is 23.0 Å². The molecule has 4 nitrogen and oxygen atoms in total. The molecule has 0 unspecified atom stereocenters. The van der Waals surface area contributed by atoms with Crippen LogP contribution in [0.5, 0.6) is 0 Å². The van der Waals surface area contributed by atoms with Crippen molar-refractivity contribution in [3.63, 3.8) is 0 Å². The summed E-state index contributed by atoms with van der Waals surface area (Å²) in [4.78, 5) is 2.86. The van der Waals surface area contributed by atoms with Gasteiger partial charge in [0.1, 0.15) is 4.90 Å². The van der Waals surface area contributed by atoms with Crippen LogP contribution >= 0.6 is 11.3 Å². The van der Waals surface area contributed by atoms with Crippen molar-refractivity contribution in [2.24, 2.45) is 0 Å². The molecule has 1 N–H and O–H groups in total. The number of rotatable bonds is 7. The van der Waals surface area contributed by atoms with Crippen molar-refractivity contribution in [3.05, 3.63) is 65.0 Å². The Morgan fingerprint density at radius 3 is 2.67 bits per heavy atom. The van der Waals surface area contributed by atoms with Gasteiger partial charge in [-0.2, -0.15) is 0 Å². The maximum absolute atomic E-state index is 12.6. The van der Waals surface area contributed by atoms with Crippen molar-refractivity contribution in [2.45, 2.75) is 30.7 Å². The minimum Gasteiger partial charge on any atom is -0.299 e. The van der Waals surface area contributed by atoms with Gasteiger partial charge in [-0.1, -0.05) is 42.5 Å². The van der Waals surface area contributed by atoms with Gasteiger partial charge in [-0.25, -0.2) is 13.1 Å². The highest BCUT2D eigenvalue weighted by molar-refractivity contribution is 7.90. The van der Waals surface area contributed by atoms with E-state index in [1.165, 1.54) is 22.5 Å². The predicted molar refractivity (Wildman–Crippen MR) is 112 cm³/mol. The number of hydrogen-bond donors (Lipinski definition) is 1. The normalized spacial score (nSPS) is 15.1. The Labute approximate surface area is 164 Å². The molecule has 27 heavy (non-hydrogen) atoms.